The van der Waals surface area contributed by atoms with Crippen LogP contribution in [-0.2, 0) is 13.1 Å². The Morgan fingerprint density at radius 3 is 2.75 bits per heavy atom. The molecule has 0 aromatic carbocycles. The first-order valence-corrected chi connectivity index (χ1v) is 6.16. The van der Waals surface area contributed by atoms with Gasteiger partial charge in [0.2, 0.25) is 0 Å². The number of hydrogen-bond donors (Lipinski definition) is 1. The van der Waals surface area contributed by atoms with E-state index in [2.05, 4.69) is 37.1 Å². The number of nitrogens with one attached hydrogen (secondary N) is 1. The minimum Gasteiger partial charge on any atom is -0.468 e. The molecule has 3 nitrogen and oxygen atoms in total. The third-order valence-electron chi connectivity index (χ3n) is 3.07. The van der Waals surface area contributed by atoms with E-state index in [1.165, 1.54) is 12.0 Å². The molecule has 1 aromatic heterocycles. The molecule has 0 aliphatic carbocycles. The van der Waals surface area contributed by atoms with E-state index in [1.54, 1.807) is 0 Å². The summed E-state index contributed by atoms with van der Waals surface area (Å²) in [6.45, 7) is 9.54. The van der Waals surface area contributed by atoms with Crippen LogP contribution in [0.25, 0.3) is 0 Å². The average Bonchev–Trinajstić information content (AvgIpc) is 2.73. The van der Waals surface area contributed by atoms with Gasteiger partial charge in [-0.3, -0.25) is 4.90 Å². The second-order valence-corrected chi connectivity index (χ2v) is 4.27. The van der Waals surface area contributed by atoms with Gasteiger partial charge in [-0.1, -0.05) is 13.8 Å². The molecular formula is C13H24N2O. The van der Waals surface area contributed by atoms with Crippen LogP contribution in [0.2, 0.25) is 0 Å². The molecule has 1 N–H and O–H groups in total. The van der Waals surface area contributed by atoms with E-state index >= 15 is 0 Å². The molecule has 0 spiro atoms. The SMILES string of the molecule is CCC(C)N(CC)Cc1cc(CNC)co1. The molecule has 0 fully saturated rings. The van der Waals surface area contributed by atoms with Crippen LogP contribution in [-0.4, -0.2) is 24.5 Å². The summed E-state index contributed by atoms with van der Waals surface area (Å²) in [4.78, 5) is 2.43. The highest BCUT2D eigenvalue weighted by molar-refractivity contribution is 5.12. The van der Waals surface area contributed by atoms with E-state index in [4.69, 9.17) is 4.42 Å². The Labute approximate surface area is 98.8 Å². The van der Waals surface area contributed by atoms with Crippen molar-refractivity contribution in [3.8, 4) is 0 Å². The summed E-state index contributed by atoms with van der Waals surface area (Å²) in [5.74, 6) is 1.06. The molecule has 0 amide bonds. The van der Waals surface area contributed by atoms with Gasteiger partial charge in [0, 0.05) is 18.2 Å². The predicted molar refractivity (Wildman–Crippen MR) is 67.3 cm³/mol. The minimum atomic E-state index is 0.614. The summed E-state index contributed by atoms with van der Waals surface area (Å²) in [5.41, 5.74) is 1.22. The molecule has 0 aliphatic heterocycles. The third-order valence-corrected chi connectivity index (χ3v) is 3.07. The van der Waals surface area contributed by atoms with Gasteiger partial charge in [-0.05, 0) is 33.0 Å². The lowest BCUT2D eigenvalue weighted by atomic mass is 10.2. The highest BCUT2D eigenvalue weighted by Gasteiger charge is 2.12. The van der Waals surface area contributed by atoms with Gasteiger partial charge in [0.1, 0.15) is 5.76 Å². The lowest BCUT2D eigenvalue weighted by Gasteiger charge is -2.25. The summed E-state index contributed by atoms with van der Waals surface area (Å²) in [5, 5.41) is 3.12. The monoisotopic (exact) mass is 224 g/mol. The number of rotatable bonds is 7. The minimum absolute atomic E-state index is 0.614. The van der Waals surface area contributed by atoms with Crippen LogP contribution in [0, 0.1) is 0 Å². The molecule has 0 saturated heterocycles. The topological polar surface area (TPSA) is 28.4 Å². The molecule has 16 heavy (non-hydrogen) atoms. The predicted octanol–water partition coefficient (Wildman–Crippen LogP) is 2.62. The molecule has 0 saturated carbocycles. The fourth-order valence-corrected chi connectivity index (χ4v) is 1.84. The summed E-state index contributed by atoms with van der Waals surface area (Å²) >= 11 is 0. The van der Waals surface area contributed by atoms with Crippen molar-refractivity contribution in [1.29, 1.82) is 0 Å². The van der Waals surface area contributed by atoms with E-state index in [0.717, 1.165) is 25.4 Å². The smallest absolute Gasteiger partial charge is 0.118 e. The maximum atomic E-state index is 5.56. The van der Waals surface area contributed by atoms with Crippen molar-refractivity contribution in [2.24, 2.45) is 0 Å². The quantitative estimate of drug-likeness (QED) is 0.771. The molecule has 0 aliphatic rings. The highest BCUT2D eigenvalue weighted by Crippen LogP contribution is 2.13. The lowest BCUT2D eigenvalue weighted by molar-refractivity contribution is 0.190. The van der Waals surface area contributed by atoms with Crippen LogP contribution >= 0.6 is 0 Å². The van der Waals surface area contributed by atoms with Crippen molar-refractivity contribution >= 4 is 0 Å². The summed E-state index contributed by atoms with van der Waals surface area (Å²) in [7, 11) is 1.95. The second kappa shape index (κ2) is 6.71. The Kier molecular flexibility index (Phi) is 5.56. The standard InChI is InChI=1S/C13H24N2O/c1-5-11(3)15(6-2)9-13-7-12(8-14-4)10-16-13/h7,10-11,14H,5-6,8-9H2,1-4H3. The summed E-state index contributed by atoms with van der Waals surface area (Å²) < 4.78 is 5.56. The molecule has 1 unspecified atom stereocenters. The zero-order valence-electron chi connectivity index (χ0n) is 10.9. The summed E-state index contributed by atoms with van der Waals surface area (Å²) in [6.07, 6.45) is 3.02. The van der Waals surface area contributed by atoms with Gasteiger partial charge in [0.05, 0.1) is 12.8 Å². The molecule has 92 valence electrons. The molecule has 0 bridgehead atoms. The maximum Gasteiger partial charge on any atom is 0.118 e. The van der Waals surface area contributed by atoms with Crippen LogP contribution in [0.15, 0.2) is 16.7 Å². The van der Waals surface area contributed by atoms with Crippen molar-refractivity contribution in [2.45, 2.75) is 46.3 Å². The molecule has 1 heterocycles. The van der Waals surface area contributed by atoms with Gasteiger partial charge in [-0.15, -0.1) is 0 Å². The van der Waals surface area contributed by atoms with Crippen LogP contribution in [0.1, 0.15) is 38.5 Å². The Balaban J connectivity index is 2.56. The second-order valence-electron chi connectivity index (χ2n) is 4.27. The first-order chi connectivity index (χ1) is 7.71. The van der Waals surface area contributed by atoms with Gasteiger partial charge >= 0.3 is 0 Å². The fraction of sp³-hybridized carbons (Fsp3) is 0.692. The summed E-state index contributed by atoms with van der Waals surface area (Å²) in [6, 6.07) is 2.75. The van der Waals surface area contributed by atoms with Gasteiger partial charge in [-0.2, -0.15) is 0 Å². The van der Waals surface area contributed by atoms with Crippen LogP contribution < -0.4 is 5.32 Å². The average molecular weight is 224 g/mol. The van der Waals surface area contributed by atoms with Crippen molar-refractivity contribution in [3.05, 3.63) is 23.7 Å². The zero-order valence-corrected chi connectivity index (χ0v) is 10.9. The number of nitrogens with zero attached hydrogens (tertiary/aromatic N) is 1. The van der Waals surface area contributed by atoms with E-state index in [1.807, 2.05) is 13.3 Å². The largest absolute Gasteiger partial charge is 0.468 e. The van der Waals surface area contributed by atoms with Crippen molar-refractivity contribution < 1.29 is 4.42 Å². The first-order valence-electron chi connectivity index (χ1n) is 6.16. The highest BCUT2D eigenvalue weighted by atomic mass is 16.3. The van der Waals surface area contributed by atoms with Crippen LogP contribution in [0.4, 0.5) is 0 Å². The van der Waals surface area contributed by atoms with Gasteiger partial charge in [0.15, 0.2) is 0 Å². The van der Waals surface area contributed by atoms with E-state index in [0.29, 0.717) is 6.04 Å². The van der Waals surface area contributed by atoms with Crippen molar-refractivity contribution in [2.75, 3.05) is 13.6 Å². The number of hydrogen-bond acceptors (Lipinski definition) is 3. The molecule has 0 radical (unpaired) electrons. The van der Waals surface area contributed by atoms with E-state index in [9.17, 15) is 0 Å². The third kappa shape index (κ3) is 3.65. The zero-order chi connectivity index (χ0) is 12.0. The van der Waals surface area contributed by atoms with Crippen molar-refractivity contribution in [3.63, 3.8) is 0 Å². The molecule has 1 atom stereocenters. The normalized spacial score (nSPS) is 13.3. The first kappa shape index (κ1) is 13.3. The van der Waals surface area contributed by atoms with Crippen LogP contribution in [0.3, 0.4) is 0 Å². The maximum absolute atomic E-state index is 5.56. The molecule has 1 rings (SSSR count). The number of furan rings is 1. The Morgan fingerprint density at radius 1 is 1.44 bits per heavy atom. The molecular weight excluding hydrogens is 200 g/mol. The van der Waals surface area contributed by atoms with E-state index < -0.39 is 0 Å². The lowest BCUT2D eigenvalue weighted by Crippen LogP contribution is -2.31. The molecule has 3 heteroatoms. The van der Waals surface area contributed by atoms with Gasteiger partial charge in [-0.25, -0.2) is 0 Å². The Morgan fingerprint density at radius 2 is 2.19 bits per heavy atom. The van der Waals surface area contributed by atoms with Gasteiger partial charge < -0.3 is 9.73 Å². The van der Waals surface area contributed by atoms with Crippen LogP contribution in [0.5, 0.6) is 0 Å². The van der Waals surface area contributed by atoms with Crippen molar-refractivity contribution in [1.82, 2.24) is 10.2 Å². The Hall–Kier alpha value is -0.800. The van der Waals surface area contributed by atoms with E-state index in [-0.39, 0.29) is 0 Å². The fourth-order valence-electron chi connectivity index (χ4n) is 1.84. The Bertz CT molecular complexity index is 296. The molecule has 1 aromatic rings. The van der Waals surface area contributed by atoms with Gasteiger partial charge in [0.25, 0.3) is 0 Å².